The van der Waals surface area contributed by atoms with E-state index in [9.17, 15) is 10.2 Å². The highest BCUT2D eigenvalue weighted by molar-refractivity contribution is 5.27. The third-order valence-corrected chi connectivity index (χ3v) is 5.71. The van der Waals surface area contributed by atoms with Gasteiger partial charge in [-0.1, -0.05) is 63.5 Å². The molecule has 0 saturated heterocycles. The van der Waals surface area contributed by atoms with E-state index in [4.69, 9.17) is 10.5 Å². The van der Waals surface area contributed by atoms with E-state index in [1.165, 1.54) is 51.4 Å². The van der Waals surface area contributed by atoms with Crippen molar-refractivity contribution in [2.45, 2.75) is 76.2 Å². The van der Waals surface area contributed by atoms with Gasteiger partial charge in [-0.3, -0.25) is 0 Å². The van der Waals surface area contributed by atoms with Crippen molar-refractivity contribution < 1.29 is 14.9 Å². The minimum absolute atomic E-state index is 0.203. The van der Waals surface area contributed by atoms with Crippen LogP contribution in [0.15, 0.2) is 24.3 Å². The molecule has 4 heteroatoms. The molecule has 0 atom stereocenters. The maximum atomic E-state index is 9.24. The molecule has 0 bridgehead atoms. The summed E-state index contributed by atoms with van der Waals surface area (Å²) in [6, 6.07) is 8.06. The van der Waals surface area contributed by atoms with Crippen LogP contribution >= 0.6 is 0 Å². The van der Waals surface area contributed by atoms with Crippen LogP contribution in [0.5, 0.6) is 5.75 Å². The van der Waals surface area contributed by atoms with Gasteiger partial charge in [0, 0.05) is 0 Å². The number of nitrogens with two attached hydrogens (primary N) is 1. The lowest BCUT2D eigenvalue weighted by Crippen LogP contribution is -2.47. The number of benzene rings is 1. The SMILES string of the molecule is NC(CO)(CO)CCc1ccc(OCCCCCC2CCCCC2)cc1. The number of aryl methyl sites for hydroxylation is 1. The molecule has 1 aromatic rings. The number of rotatable bonds is 12. The fraction of sp³-hybridized carbons (Fsp3) is 0.727. The van der Waals surface area contributed by atoms with Crippen molar-refractivity contribution in [2.75, 3.05) is 19.8 Å². The summed E-state index contributed by atoms with van der Waals surface area (Å²) in [6.45, 7) is 0.377. The fourth-order valence-corrected chi connectivity index (χ4v) is 3.73. The monoisotopic (exact) mass is 363 g/mol. The predicted molar refractivity (Wildman–Crippen MR) is 106 cm³/mol. The summed E-state index contributed by atoms with van der Waals surface area (Å²) in [5.41, 5.74) is 6.15. The smallest absolute Gasteiger partial charge is 0.119 e. The Kier molecular flexibility index (Phi) is 9.44. The zero-order valence-electron chi connectivity index (χ0n) is 16.2. The predicted octanol–water partition coefficient (Wildman–Crippen LogP) is 3.82. The summed E-state index contributed by atoms with van der Waals surface area (Å²) in [5.74, 6) is 1.89. The Hall–Kier alpha value is -1.10. The molecule has 1 saturated carbocycles. The summed E-state index contributed by atoms with van der Waals surface area (Å²) in [4.78, 5) is 0. The van der Waals surface area contributed by atoms with Crippen LogP contribution in [-0.2, 0) is 6.42 Å². The zero-order valence-corrected chi connectivity index (χ0v) is 16.2. The maximum Gasteiger partial charge on any atom is 0.119 e. The lowest BCUT2D eigenvalue weighted by Gasteiger charge is -2.24. The number of hydrogen-bond acceptors (Lipinski definition) is 4. The molecular weight excluding hydrogens is 326 g/mol. The molecule has 1 aliphatic carbocycles. The van der Waals surface area contributed by atoms with Gasteiger partial charge in [-0.25, -0.2) is 0 Å². The number of hydrogen-bond donors (Lipinski definition) is 3. The Morgan fingerprint density at radius 2 is 1.65 bits per heavy atom. The van der Waals surface area contributed by atoms with E-state index in [1.807, 2.05) is 24.3 Å². The topological polar surface area (TPSA) is 75.7 Å². The van der Waals surface area contributed by atoms with Gasteiger partial charge >= 0.3 is 0 Å². The summed E-state index contributed by atoms with van der Waals surface area (Å²) in [6.07, 6.45) is 13.6. The quantitative estimate of drug-likeness (QED) is 0.494. The first-order chi connectivity index (χ1) is 12.6. The van der Waals surface area contributed by atoms with E-state index in [2.05, 4.69) is 0 Å². The van der Waals surface area contributed by atoms with E-state index in [0.717, 1.165) is 36.7 Å². The molecule has 0 aromatic heterocycles. The third-order valence-electron chi connectivity index (χ3n) is 5.71. The first kappa shape index (κ1) is 21.2. The molecule has 148 valence electrons. The largest absolute Gasteiger partial charge is 0.494 e. The highest BCUT2D eigenvalue weighted by Gasteiger charge is 2.22. The molecule has 0 amide bonds. The molecule has 26 heavy (non-hydrogen) atoms. The maximum absolute atomic E-state index is 9.24. The van der Waals surface area contributed by atoms with E-state index in [1.54, 1.807) is 0 Å². The standard InChI is InChI=1S/C22H37NO3/c23-22(17-24,18-25)15-14-20-10-12-21(13-11-20)26-16-6-2-5-9-19-7-3-1-4-8-19/h10-13,19,24-25H,1-9,14-18,23H2. The molecule has 1 aliphatic rings. The highest BCUT2D eigenvalue weighted by Crippen LogP contribution is 2.27. The van der Waals surface area contributed by atoms with E-state index >= 15 is 0 Å². The molecule has 0 aliphatic heterocycles. The van der Waals surface area contributed by atoms with Crippen molar-refractivity contribution >= 4 is 0 Å². The van der Waals surface area contributed by atoms with Crippen molar-refractivity contribution in [2.24, 2.45) is 11.7 Å². The first-order valence-corrected chi connectivity index (χ1v) is 10.4. The summed E-state index contributed by atoms with van der Waals surface area (Å²) in [5, 5.41) is 18.5. The van der Waals surface area contributed by atoms with Crippen LogP contribution in [0.3, 0.4) is 0 Å². The van der Waals surface area contributed by atoms with Gasteiger partial charge in [-0.2, -0.15) is 0 Å². The Morgan fingerprint density at radius 3 is 2.31 bits per heavy atom. The van der Waals surface area contributed by atoms with Gasteiger partial charge in [-0.15, -0.1) is 0 Å². The van der Waals surface area contributed by atoms with Gasteiger partial charge in [-0.05, 0) is 42.9 Å². The van der Waals surface area contributed by atoms with Crippen LogP contribution in [0.4, 0.5) is 0 Å². The van der Waals surface area contributed by atoms with Gasteiger partial charge in [0.25, 0.3) is 0 Å². The number of aliphatic hydroxyl groups is 2. The second-order valence-electron chi connectivity index (χ2n) is 8.02. The first-order valence-electron chi connectivity index (χ1n) is 10.4. The van der Waals surface area contributed by atoms with Crippen LogP contribution in [-0.4, -0.2) is 35.6 Å². The summed E-state index contributed by atoms with van der Waals surface area (Å²) >= 11 is 0. The molecule has 1 fully saturated rings. The van der Waals surface area contributed by atoms with Crippen LogP contribution in [0.2, 0.25) is 0 Å². The van der Waals surface area contributed by atoms with Gasteiger partial charge in [0.05, 0.1) is 25.4 Å². The van der Waals surface area contributed by atoms with Crippen molar-refractivity contribution in [3.05, 3.63) is 29.8 Å². The van der Waals surface area contributed by atoms with E-state index < -0.39 is 5.54 Å². The Morgan fingerprint density at radius 1 is 0.962 bits per heavy atom. The Balaban J connectivity index is 1.57. The molecule has 4 nitrogen and oxygen atoms in total. The van der Waals surface area contributed by atoms with Crippen molar-refractivity contribution in [3.63, 3.8) is 0 Å². The van der Waals surface area contributed by atoms with Crippen LogP contribution in [0, 0.1) is 5.92 Å². The lowest BCUT2D eigenvalue weighted by molar-refractivity contribution is 0.115. The highest BCUT2D eigenvalue weighted by atomic mass is 16.5. The number of aliphatic hydroxyl groups excluding tert-OH is 2. The molecule has 0 spiro atoms. The lowest BCUT2D eigenvalue weighted by atomic mass is 9.86. The second kappa shape index (κ2) is 11.6. The molecule has 0 radical (unpaired) electrons. The molecular formula is C22H37NO3. The molecule has 0 heterocycles. The van der Waals surface area contributed by atoms with Crippen LogP contribution in [0.1, 0.15) is 69.8 Å². The van der Waals surface area contributed by atoms with Crippen molar-refractivity contribution in [1.29, 1.82) is 0 Å². The Labute approximate surface area is 158 Å². The zero-order chi connectivity index (χ0) is 18.7. The van der Waals surface area contributed by atoms with Crippen LogP contribution in [0.25, 0.3) is 0 Å². The van der Waals surface area contributed by atoms with Gasteiger partial charge in [0.2, 0.25) is 0 Å². The second-order valence-corrected chi connectivity index (χ2v) is 8.02. The normalized spacial score (nSPS) is 16.0. The van der Waals surface area contributed by atoms with Crippen molar-refractivity contribution in [1.82, 2.24) is 0 Å². The van der Waals surface area contributed by atoms with Gasteiger partial charge in [0.1, 0.15) is 5.75 Å². The molecule has 4 N–H and O–H groups in total. The summed E-state index contributed by atoms with van der Waals surface area (Å²) in [7, 11) is 0. The van der Waals surface area contributed by atoms with E-state index in [-0.39, 0.29) is 13.2 Å². The van der Waals surface area contributed by atoms with Crippen molar-refractivity contribution in [3.8, 4) is 5.75 Å². The average Bonchev–Trinajstić information content (AvgIpc) is 2.70. The van der Waals surface area contributed by atoms with Gasteiger partial charge < -0.3 is 20.7 Å². The third kappa shape index (κ3) is 7.65. The molecule has 0 unspecified atom stereocenters. The van der Waals surface area contributed by atoms with Crippen LogP contribution < -0.4 is 10.5 Å². The summed E-state index contributed by atoms with van der Waals surface area (Å²) < 4.78 is 5.84. The fourth-order valence-electron chi connectivity index (χ4n) is 3.73. The minimum Gasteiger partial charge on any atom is -0.494 e. The van der Waals surface area contributed by atoms with Gasteiger partial charge in [0.15, 0.2) is 0 Å². The molecule has 2 rings (SSSR count). The number of ether oxygens (including phenoxy) is 1. The minimum atomic E-state index is -0.896. The average molecular weight is 364 g/mol. The number of unbranched alkanes of at least 4 members (excludes halogenated alkanes) is 2. The Bertz CT molecular complexity index is 479. The molecule has 1 aromatic carbocycles. The van der Waals surface area contributed by atoms with E-state index in [0.29, 0.717) is 6.42 Å².